The van der Waals surface area contributed by atoms with E-state index in [4.69, 9.17) is 5.11 Å². The van der Waals surface area contributed by atoms with E-state index in [0.717, 1.165) is 25.7 Å². The Morgan fingerprint density at radius 1 is 0.714 bits per heavy atom. The molecule has 0 rings (SSSR count). The first-order chi connectivity index (χ1) is 10.3. The highest BCUT2D eigenvalue weighted by atomic mass is 16.4. The summed E-state index contributed by atoms with van der Waals surface area (Å²) in [4.78, 5) is 10.3. The van der Waals surface area contributed by atoms with Gasteiger partial charge in [0.2, 0.25) is 0 Å². The molecule has 0 aromatic carbocycles. The zero-order valence-electron chi connectivity index (χ0n) is 14.1. The van der Waals surface area contributed by atoms with E-state index in [2.05, 4.69) is 19.1 Å². The molecular formula is C19H36O2. The quantitative estimate of drug-likeness (QED) is 0.261. The lowest BCUT2D eigenvalue weighted by Crippen LogP contribution is -1.93. The average molecular weight is 296 g/mol. The summed E-state index contributed by atoms with van der Waals surface area (Å²) < 4.78 is 0. The number of hydrogen-bond acceptors (Lipinski definition) is 1. The molecule has 0 atom stereocenters. The highest BCUT2D eigenvalue weighted by Gasteiger charge is 1.95. The van der Waals surface area contributed by atoms with Crippen molar-refractivity contribution in [2.24, 2.45) is 0 Å². The Balaban J connectivity index is 3.07. The van der Waals surface area contributed by atoms with Gasteiger partial charge in [-0.2, -0.15) is 0 Å². The molecule has 1 N–H and O–H groups in total. The second-order valence-electron chi connectivity index (χ2n) is 6.08. The van der Waals surface area contributed by atoms with Crippen LogP contribution in [0.5, 0.6) is 0 Å². The number of carboxylic acids is 1. The Kier molecular flexibility index (Phi) is 16.6. The molecule has 0 bridgehead atoms. The van der Waals surface area contributed by atoms with Crippen LogP contribution in [0, 0.1) is 0 Å². The van der Waals surface area contributed by atoms with Gasteiger partial charge >= 0.3 is 5.97 Å². The van der Waals surface area contributed by atoms with Gasteiger partial charge in [0.25, 0.3) is 0 Å². The van der Waals surface area contributed by atoms with E-state index in [0.29, 0.717) is 6.42 Å². The Hall–Kier alpha value is -0.790. The minimum absolute atomic E-state index is 0.328. The number of aliphatic carboxylic acids is 1. The van der Waals surface area contributed by atoms with Crippen LogP contribution in [-0.4, -0.2) is 11.1 Å². The van der Waals surface area contributed by atoms with E-state index in [1.807, 2.05) is 0 Å². The van der Waals surface area contributed by atoms with Gasteiger partial charge in [-0.3, -0.25) is 4.79 Å². The number of carbonyl (C=O) groups is 1. The summed E-state index contributed by atoms with van der Waals surface area (Å²) >= 11 is 0. The minimum Gasteiger partial charge on any atom is -0.481 e. The minimum atomic E-state index is -0.666. The normalized spacial score (nSPS) is 11.3. The highest BCUT2D eigenvalue weighted by molar-refractivity contribution is 5.66. The van der Waals surface area contributed by atoms with E-state index in [9.17, 15) is 4.79 Å². The fourth-order valence-electron chi connectivity index (χ4n) is 2.52. The third-order valence-corrected chi connectivity index (χ3v) is 3.90. The third-order valence-electron chi connectivity index (χ3n) is 3.90. The fourth-order valence-corrected chi connectivity index (χ4v) is 2.52. The zero-order valence-corrected chi connectivity index (χ0v) is 14.1. The van der Waals surface area contributed by atoms with Crippen LogP contribution in [0.2, 0.25) is 0 Å². The number of allylic oxidation sites excluding steroid dienone is 2. The van der Waals surface area contributed by atoms with Crippen LogP contribution in [0.4, 0.5) is 0 Å². The van der Waals surface area contributed by atoms with Crippen LogP contribution in [0.25, 0.3) is 0 Å². The van der Waals surface area contributed by atoms with Crippen molar-refractivity contribution in [1.82, 2.24) is 0 Å². The molecule has 0 aliphatic rings. The summed E-state index contributed by atoms with van der Waals surface area (Å²) in [6.45, 7) is 2.27. The monoisotopic (exact) mass is 296 g/mol. The molecule has 21 heavy (non-hydrogen) atoms. The second kappa shape index (κ2) is 17.3. The van der Waals surface area contributed by atoms with Crippen LogP contribution in [-0.2, 0) is 4.79 Å². The Bertz CT molecular complexity index is 246. The summed E-state index contributed by atoms with van der Waals surface area (Å²) in [7, 11) is 0. The van der Waals surface area contributed by atoms with Crippen molar-refractivity contribution in [1.29, 1.82) is 0 Å². The Morgan fingerprint density at radius 3 is 1.62 bits per heavy atom. The fraction of sp³-hybridized carbons (Fsp3) is 0.842. The predicted molar refractivity (Wildman–Crippen MR) is 91.7 cm³/mol. The van der Waals surface area contributed by atoms with Crippen molar-refractivity contribution < 1.29 is 9.90 Å². The first-order valence-electron chi connectivity index (χ1n) is 9.14. The van der Waals surface area contributed by atoms with Gasteiger partial charge in [-0.15, -0.1) is 0 Å². The number of hydrogen-bond donors (Lipinski definition) is 1. The molecule has 2 nitrogen and oxygen atoms in total. The molecular weight excluding hydrogens is 260 g/mol. The van der Waals surface area contributed by atoms with Crippen LogP contribution in [0.15, 0.2) is 12.2 Å². The summed E-state index contributed by atoms with van der Waals surface area (Å²) in [5, 5.41) is 8.52. The molecule has 0 aromatic heterocycles. The van der Waals surface area contributed by atoms with Gasteiger partial charge in [-0.1, -0.05) is 76.9 Å². The Morgan fingerprint density at radius 2 is 1.14 bits per heavy atom. The first-order valence-corrected chi connectivity index (χ1v) is 9.14. The van der Waals surface area contributed by atoms with Crippen LogP contribution in [0.3, 0.4) is 0 Å². The zero-order chi connectivity index (χ0) is 15.6. The number of carboxylic acid groups (broad SMARTS) is 1. The average Bonchev–Trinajstić information content (AvgIpc) is 2.46. The van der Waals surface area contributed by atoms with Gasteiger partial charge in [0.15, 0.2) is 0 Å². The van der Waals surface area contributed by atoms with Gasteiger partial charge in [0.05, 0.1) is 0 Å². The summed E-state index contributed by atoms with van der Waals surface area (Å²) in [6.07, 6.45) is 22.7. The second-order valence-corrected chi connectivity index (χ2v) is 6.08. The molecule has 0 unspecified atom stereocenters. The summed E-state index contributed by atoms with van der Waals surface area (Å²) in [6, 6.07) is 0. The van der Waals surface area contributed by atoms with Gasteiger partial charge in [0.1, 0.15) is 0 Å². The molecule has 0 saturated carbocycles. The molecule has 0 heterocycles. The van der Waals surface area contributed by atoms with E-state index in [1.165, 1.54) is 64.2 Å². The smallest absolute Gasteiger partial charge is 0.303 e. The predicted octanol–water partition coefficient (Wildman–Crippen LogP) is 6.50. The molecule has 0 aromatic rings. The van der Waals surface area contributed by atoms with Crippen LogP contribution in [0.1, 0.15) is 103 Å². The molecule has 0 spiro atoms. The van der Waals surface area contributed by atoms with E-state index >= 15 is 0 Å². The van der Waals surface area contributed by atoms with E-state index < -0.39 is 5.97 Å². The molecule has 0 radical (unpaired) electrons. The van der Waals surface area contributed by atoms with Crippen LogP contribution < -0.4 is 0 Å². The van der Waals surface area contributed by atoms with Gasteiger partial charge in [-0.25, -0.2) is 0 Å². The van der Waals surface area contributed by atoms with Crippen molar-refractivity contribution >= 4 is 5.97 Å². The highest BCUT2D eigenvalue weighted by Crippen LogP contribution is 2.10. The maximum absolute atomic E-state index is 10.3. The molecule has 0 saturated heterocycles. The molecule has 124 valence electrons. The number of rotatable bonds is 16. The van der Waals surface area contributed by atoms with Crippen molar-refractivity contribution in [3.8, 4) is 0 Å². The maximum atomic E-state index is 10.3. The van der Waals surface area contributed by atoms with Crippen molar-refractivity contribution in [3.63, 3.8) is 0 Å². The Labute approximate surface area is 132 Å². The summed E-state index contributed by atoms with van der Waals surface area (Å²) in [5.74, 6) is -0.666. The van der Waals surface area contributed by atoms with E-state index in [1.54, 1.807) is 0 Å². The lowest BCUT2D eigenvalue weighted by molar-refractivity contribution is -0.137. The lowest BCUT2D eigenvalue weighted by atomic mass is 10.1. The third kappa shape index (κ3) is 19.2. The topological polar surface area (TPSA) is 37.3 Å². The molecule has 0 fully saturated rings. The molecule has 0 aliphatic heterocycles. The van der Waals surface area contributed by atoms with Gasteiger partial charge in [0, 0.05) is 6.42 Å². The molecule has 0 aliphatic carbocycles. The first kappa shape index (κ1) is 20.2. The van der Waals surface area contributed by atoms with Gasteiger partial charge < -0.3 is 5.11 Å². The summed E-state index contributed by atoms with van der Waals surface area (Å²) in [5.41, 5.74) is 0. The van der Waals surface area contributed by atoms with Crippen LogP contribution >= 0.6 is 0 Å². The van der Waals surface area contributed by atoms with Crippen molar-refractivity contribution in [2.45, 2.75) is 103 Å². The standard InChI is InChI=1S/C19H36O2/c1-2-3-4-5-6-7-8-9-10-11-12-13-14-15-16-17-18-19(20)21/h11-12H,2-10,13-18H2,1H3,(H,20,21)/b12-11-. The number of unbranched alkanes of at least 4 members (excludes halogenated alkanes) is 12. The largest absolute Gasteiger partial charge is 0.481 e. The maximum Gasteiger partial charge on any atom is 0.303 e. The van der Waals surface area contributed by atoms with Crippen molar-refractivity contribution in [2.75, 3.05) is 0 Å². The lowest BCUT2D eigenvalue weighted by Gasteiger charge is -2.00. The molecule has 0 amide bonds. The SMILES string of the molecule is CCCCCCCCCC/C=C\CCCCCCC(=O)O. The van der Waals surface area contributed by atoms with Crippen molar-refractivity contribution in [3.05, 3.63) is 12.2 Å². The van der Waals surface area contributed by atoms with E-state index in [-0.39, 0.29) is 0 Å². The van der Waals surface area contributed by atoms with Gasteiger partial charge in [-0.05, 0) is 32.1 Å². The molecule has 2 heteroatoms.